The number of amides is 1. The Morgan fingerprint density at radius 2 is 2.05 bits per heavy atom. The van der Waals surface area contributed by atoms with Gasteiger partial charge in [0, 0.05) is 4.88 Å². The van der Waals surface area contributed by atoms with Crippen LogP contribution in [-0.2, 0) is 17.8 Å². The molecule has 5 heteroatoms. The van der Waals surface area contributed by atoms with Crippen LogP contribution in [0.5, 0.6) is 0 Å². The van der Waals surface area contributed by atoms with Crippen LogP contribution in [-0.4, -0.2) is 17.0 Å². The SMILES string of the molecule is O=C(O)c1ccc(CNC(=O)C2CCCc3ccccc32)s1. The van der Waals surface area contributed by atoms with Crippen LogP contribution in [0, 0.1) is 0 Å². The summed E-state index contributed by atoms with van der Waals surface area (Å²) in [5.41, 5.74) is 2.39. The first kappa shape index (κ1) is 14.8. The van der Waals surface area contributed by atoms with Crippen LogP contribution in [0.25, 0.3) is 0 Å². The minimum atomic E-state index is -0.927. The number of aryl methyl sites for hydroxylation is 1. The van der Waals surface area contributed by atoms with Crippen LogP contribution in [0.15, 0.2) is 36.4 Å². The van der Waals surface area contributed by atoms with E-state index in [0.29, 0.717) is 11.4 Å². The summed E-state index contributed by atoms with van der Waals surface area (Å²) in [5.74, 6) is -0.995. The zero-order valence-corrected chi connectivity index (χ0v) is 12.9. The van der Waals surface area contributed by atoms with Gasteiger partial charge in [-0.3, -0.25) is 4.79 Å². The average molecular weight is 315 g/mol. The lowest BCUT2D eigenvalue weighted by Gasteiger charge is -2.24. The van der Waals surface area contributed by atoms with Crippen molar-refractivity contribution in [2.24, 2.45) is 0 Å². The lowest BCUT2D eigenvalue weighted by Crippen LogP contribution is -2.30. The number of aromatic carboxylic acids is 1. The maximum Gasteiger partial charge on any atom is 0.345 e. The largest absolute Gasteiger partial charge is 0.477 e. The third-order valence-corrected chi connectivity index (χ3v) is 5.07. The van der Waals surface area contributed by atoms with E-state index in [1.54, 1.807) is 12.1 Å². The number of fused-ring (bicyclic) bond motifs is 1. The lowest BCUT2D eigenvalue weighted by atomic mass is 9.82. The standard InChI is InChI=1S/C17H17NO3S/c19-16(18-10-12-8-9-15(22-12)17(20)21)14-7-3-5-11-4-1-2-6-13(11)14/h1-2,4,6,8-9,14H,3,5,7,10H2,(H,18,19)(H,20,21). The fourth-order valence-electron chi connectivity index (χ4n) is 2.91. The Morgan fingerprint density at radius 1 is 1.23 bits per heavy atom. The van der Waals surface area contributed by atoms with Crippen LogP contribution in [0.3, 0.4) is 0 Å². The fourth-order valence-corrected chi connectivity index (χ4v) is 3.70. The Labute approximate surface area is 132 Å². The average Bonchev–Trinajstić information content (AvgIpc) is 3.01. The van der Waals surface area contributed by atoms with Crippen molar-refractivity contribution in [3.63, 3.8) is 0 Å². The molecule has 2 aromatic rings. The molecular weight excluding hydrogens is 298 g/mol. The van der Waals surface area contributed by atoms with Crippen LogP contribution < -0.4 is 5.32 Å². The van der Waals surface area contributed by atoms with Gasteiger partial charge in [0.15, 0.2) is 0 Å². The van der Waals surface area contributed by atoms with Crippen molar-refractivity contribution in [1.82, 2.24) is 5.32 Å². The van der Waals surface area contributed by atoms with Gasteiger partial charge in [-0.2, -0.15) is 0 Å². The predicted molar refractivity (Wildman–Crippen MR) is 85.2 cm³/mol. The first-order valence-electron chi connectivity index (χ1n) is 7.32. The van der Waals surface area contributed by atoms with E-state index in [-0.39, 0.29) is 11.8 Å². The highest BCUT2D eigenvalue weighted by atomic mass is 32.1. The van der Waals surface area contributed by atoms with E-state index >= 15 is 0 Å². The van der Waals surface area contributed by atoms with E-state index < -0.39 is 5.97 Å². The number of benzene rings is 1. The number of carboxylic acids is 1. The molecule has 1 aromatic carbocycles. The van der Waals surface area contributed by atoms with Crippen molar-refractivity contribution >= 4 is 23.2 Å². The molecule has 22 heavy (non-hydrogen) atoms. The predicted octanol–water partition coefficient (Wildman–Crippen LogP) is 3.18. The second kappa shape index (κ2) is 6.32. The van der Waals surface area contributed by atoms with Gasteiger partial charge < -0.3 is 10.4 Å². The molecule has 0 radical (unpaired) electrons. The zero-order valence-electron chi connectivity index (χ0n) is 12.0. The molecular formula is C17H17NO3S. The van der Waals surface area contributed by atoms with Gasteiger partial charge in [0.1, 0.15) is 4.88 Å². The van der Waals surface area contributed by atoms with Gasteiger partial charge >= 0.3 is 5.97 Å². The third-order valence-electron chi connectivity index (χ3n) is 4.00. The van der Waals surface area contributed by atoms with Crippen molar-refractivity contribution in [3.8, 4) is 0 Å². The molecule has 1 amide bonds. The molecule has 1 atom stereocenters. The summed E-state index contributed by atoms with van der Waals surface area (Å²) in [6.45, 7) is 0.384. The third kappa shape index (κ3) is 3.04. The summed E-state index contributed by atoms with van der Waals surface area (Å²) >= 11 is 1.20. The first-order chi connectivity index (χ1) is 10.6. The molecule has 0 saturated carbocycles. The van der Waals surface area contributed by atoms with Crippen LogP contribution in [0.2, 0.25) is 0 Å². The highest BCUT2D eigenvalue weighted by molar-refractivity contribution is 7.13. The van der Waals surface area contributed by atoms with Gasteiger partial charge in [0.25, 0.3) is 0 Å². The Kier molecular flexibility index (Phi) is 4.24. The lowest BCUT2D eigenvalue weighted by molar-refractivity contribution is -0.123. The van der Waals surface area contributed by atoms with E-state index in [0.717, 1.165) is 29.7 Å². The number of thiophene rings is 1. The maximum absolute atomic E-state index is 12.5. The molecule has 114 valence electrons. The molecule has 2 N–H and O–H groups in total. The number of nitrogens with one attached hydrogen (secondary N) is 1. The van der Waals surface area contributed by atoms with Crippen LogP contribution in [0.1, 0.15) is 44.4 Å². The van der Waals surface area contributed by atoms with Gasteiger partial charge in [-0.25, -0.2) is 4.79 Å². The molecule has 1 aliphatic rings. The Bertz CT molecular complexity index is 707. The van der Waals surface area contributed by atoms with E-state index in [1.165, 1.54) is 16.9 Å². The van der Waals surface area contributed by atoms with Crippen molar-refractivity contribution in [3.05, 3.63) is 57.3 Å². The Balaban J connectivity index is 1.66. The summed E-state index contributed by atoms with van der Waals surface area (Å²) in [7, 11) is 0. The number of hydrogen-bond donors (Lipinski definition) is 2. The van der Waals surface area contributed by atoms with Crippen LogP contribution >= 0.6 is 11.3 Å². The highest BCUT2D eigenvalue weighted by Gasteiger charge is 2.25. The normalized spacial score (nSPS) is 16.8. The van der Waals surface area contributed by atoms with Gasteiger partial charge in [-0.15, -0.1) is 11.3 Å². The maximum atomic E-state index is 12.5. The van der Waals surface area contributed by atoms with Crippen molar-refractivity contribution in [2.45, 2.75) is 31.7 Å². The van der Waals surface area contributed by atoms with Gasteiger partial charge in [-0.1, -0.05) is 24.3 Å². The number of carbonyl (C=O) groups is 2. The van der Waals surface area contributed by atoms with Crippen molar-refractivity contribution < 1.29 is 14.7 Å². The van der Waals surface area contributed by atoms with Crippen LogP contribution in [0.4, 0.5) is 0 Å². The first-order valence-corrected chi connectivity index (χ1v) is 8.14. The molecule has 1 heterocycles. The second-order valence-electron chi connectivity index (χ2n) is 5.43. The summed E-state index contributed by atoms with van der Waals surface area (Å²) in [4.78, 5) is 24.5. The van der Waals surface area contributed by atoms with Crippen molar-refractivity contribution in [2.75, 3.05) is 0 Å². The topological polar surface area (TPSA) is 66.4 Å². The van der Waals surface area contributed by atoms with E-state index in [1.807, 2.05) is 18.2 Å². The monoisotopic (exact) mass is 315 g/mol. The molecule has 1 unspecified atom stereocenters. The fraction of sp³-hybridized carbons (Fsp3) is 0.294. The molecule has 0 aliphatic heterocycles. The molecule has 0 bridgehead atoms. The quantitative estimate of drug-likeness (QED) is 0.910. The number of hydrogen-bond acceptors (Lipinski definition) is 3. The number of rotatable bonds is 4. The number of carboxylic acid groups (broad SMARTS) is 1. The zero-order chi connectivity index (χ0) is 15.5. The smallest absolute Gasteiger partial charge is 0.345 e. The Hall–Kier alpha value is -2.14. The molecule has 0 spiro atoms. The summed E-state index contributed by atoms with van der Waals surface area (Å²) in [5, 5.41) is 11.9. The molecule has 1 aromatic heterocycles. The summed E-state index contributed by atoms with van der Waals surface area (Å²) in [6.07, 6.45) is 2.93. The van der Waals surface area contributed by atoms with Gasteiger partial charge in [0.2, 0.25) is 5.91 Å². The minimum absolute atomic E-state index is 0.0254. The highest BCUT2D eigenvalue weighted by Crippen LogP contribution is 2.31. The summed E-state index contributed by atoms with van der Waals surface area (Å²) in [6, 6.07) is 11.4. The second-order valence-corrected chi connectivity index (χ2v) is 6.60. The molecule has 0 saturated heterocycles. The van der Waals surface area contributed by atoms with Gasteiger partial charge in [0.05, 0.1) is 12.5 Å². The minimum Gasteiger partial charge on any atom is -0.477 e. The molecule has 1 aliphatic carbocycles. The van der Waals surface area contributed by atoms with E-state index in [9.17, 15) is 9.59 Å². The molecule has 3 rings (SSSR count). The van der Waals surface area contributed by atoms with E-state index in [4.69, 9.17) is 5.11 Å². The molecule has 0 fully saturated rings. The number of carbonyl (C=O) groups excluding carboxylic acids is 1. The van der Waals surface area contributed by atoms with Gasteiger partial charge in [-0.05, 0) is 42.5 Å². The molecule has 4 nitrogen and oxygen atoms in total. The Morgan fingerprint density at radius 3 is 2.82 bits per heavy atom. The summed E-state index contributed by atoms with van der Waals surface area (Å²) < 4.78 is 0. The van der Waals surface area contributed by atoms with E-state index in [2.05, 4.69) is 11.4 Å². The van der Waals surface area contributed by atoms with Crippen molar-refractivity contribution in [1.29, 1.82) is 0 Å².